The molecule has 1 aliphatic heterocycles. The predicted octanol–water partition coefficient (Wildman–Crippen LogP) is 2.79. The predicted molar refractivity (Wildman–Crippen MR) is 102 cm³/mol. The van der Waals surface area contributed by atoms with Crippen molar-refractivity contribution in [2.45, 2.75) is 20.0 Å². The molecule has 0 radical (unpaired) electrons. The molecule has 4 rings (SSSR count). The molecule has 0 atom stereocenters. The van der Waals surface area contributed by atoms with Crippen LogP contribution < -0.4 is 0 Å². The second-order valence-corrected chi connectivity index (χ2v) is 6.96. The average molecular weight is 364 g/mol. The van der Waals surface area contributed by atoms with Gasteiger partial charge in [0.05, 0.1) is 6.54 Å². The van der Waals surface area contributed by atoms with Crippen LogP contribution in [0.5, 0.6) is 0 Å². The average Bonchev–Trinajstić information content (AvgIpc) is 3.36. The Bertz CT molecular complexity index is 893. The van der Waals surface area contributed by atoms with Crippen LogP contribution in [0.4, 0.5) is 0 Å². The summed E-state index contributed by atoms with van der Waals surface area (Å²) in [4.78, 5) is 17.0. The van der Waals surface area contributed by atoms with E-state index in [1.807, 2.05) is 23.2 Å². The second kappa shape index (κ2) is 7.80. The molecule has 3 aromatic rings. The summed E-state index contributed by atoms with van der Waals surface area (Å²) in [5, 5.41) is 4.16. The number of carbonyl (C=O) groups is 1. The monoisotopic (exact) mass is 364 g/mol. The topological polar surface area (TPSA) is 54.5 Å². The minimum Gasteiger partial charge on any atom is -0.454 e. The summed E-state index contributed by atoms with van der Waals surface area (Å²) in [7, 11) is 0. The van der Waals surface area contributed by atoms with E-state index in [1.165, 1.54) is 11.1 Å². The first-order valence-electron chi connectivity index (χ1n) is 9.31. The number of piperazine rings is 1. The lowest BCUT2D eigenvalue weighted by atomic mass is 10.1. The summed E-state index contributed by atoms with van der Waals surface area (Å²) in [5.41, 5.74) is 2.67. The summed E-state index contributed by atoms with van der Waals surface area (Å²) in [6, 6.07) is 14.0. The first kappa shape index (κ1) is 17.5. The van der Waals surface area contributed by atoms with Crippen molar-refractivity contribution in [2.24, 2.45) is 0 Å². The molecule has 1 saturated heterocycles. The Labute approximate surface area is 159 Å². The zero-order valence-electron chi connectivity index (χ0n) is 15.5. The van der Waals surface area contributed by atoms with E-state index in [1.54, 1.807) is 16.9 Å². The minimum absolute atomic E-state index is 0.0303. The fourth-order valence-electron chi connectivity index (χ4n) is 3.42. The van der Waals surface area contributed by atoms with E-state index >= 15 is 0 Å². The van der Waals surface area contributed by atoms with Gasteiger partial charge in [-0.2, -0.15) is 5.10 Å². The Kier molecular flexibility index (Phi) is 5.07. The molecule has 1 aromatic carbocycles. The molecule has 3 heterocycles. The van der Waals surface area contributed by atoms with E-state index in [0.29, 0.717) is 12.3 Å². The van der Waals surface area contributed by atoms with Gasteiger partial charge in [0.25, 0.3) is 5.91 Å². The highest BCUT2D eigenvalue weighted by Gasteiger charge is 2.24. The van der Waals surface area contributed by atoms with Crippen LogP contribution in [0.2, 0.25) is 0 Å². The Morgan fingerprint density at radius 3 is 2.59 bits per heavy atom. The number of aryl methyl sites for hydroxylation is 1. The molecule has 27 heavy (non-hydrogen) atoms. The van der Waals surface area contributed by atoms with E-state index in [2.05, 4.69) is 41.2 Å². The fourth-order valence-corrected chi connectivity index (χ4v) is 3.42. The molecular formula is C21H24N4O2. The summed E-state index contributed by atoms with van der Waals surface area (Å²) >= 11 is 0. The van der Waals surface area contributed by atoms with Crippen molar-refractivity contribution in [1.29, 1.82) is 0 Å². The van der Waals surface area contributed by atoms with Crippen molar-refractivity contribution in [1.82, 2.24) is 19.6 Å². The third-order valence-corrected chi connectivity index (χ3v) is 5.06. The number of carbonyl (C=O) groups excluding carboxylic acids is 1. The standard InChI is InChI=1S/C21H24N4O2/c1-17-5-2-3-6-18(17)15-23-11-13-24(14-12-23)21(26)20-8-7-19(27-20)16-25-10-4-9-22-25/h2-10H,11-16H2,1H3. The van der Waals surface area contributed by atoms with Crippen molar-refractivity contribution < 1.29 is 9.21 Å². The Morgan fingerprint density at radius 2 is 1.85 bits per heavy atom. The van der Waals surface area contributed by atoms with Gasteiger partial charge in [-0.3, -0.25) is 14.4 Å². The molecule has 0 spiro atoms. The molecule has 0 N–H and O–H groups in total. The van der Waals surface area contributed by atoms with Crippen molar-refractivity contribution in [3.05, 3.63) is 77.5 Å². The number of furan rings is 1. The fraction of sp³-hybridized carbons (Fsp3) is 0.333. The van der Waals surface area contributed by atoms with E-state index in [-0.39, 0.29) is 5.91 Å². The van der Waals surface area contributed by atoms with Crippen molar-refractivity contribution >= 4 is 5.91 Å². The molecule has 1 aliphatic rings. The number of nitrogens with zero attached hydrogens (tertiary/aromatic N) is 4. The van der Waals surface area contributed by atoms with E-state index in [0.717, 1.165) is 38.5 Å². The molecular weight excluding hydrogens is 340 g/mol. The lowest BCUT2D eigenvalue weighted by molar-refractivity contribution is 0.0595. The summed E-state index contributed by atoms with van der Waals surface area (Å²) in [6.07, 6.45) is 3.60. The van der Waals surface area contributed by atoms with Crippen molar-refractivity contribution in [3.8, 4) is 0 Å². The smallest absolute Gasteiger partial charge is 0.289 e. The van der Waals surface area contributed by atoms with Gasteiger partial charge in [0.15, 0.2) is 5.76 Å². The van der Waals surface area contributed by atoms with Gasteiger partial charge in [0.1, 0.15) is 5.76 Å². The Morgan fingerprint density at radius 1 is 1.04 bits per heavy atom. The van der Waals surface area contributed by atoms with Crippen LogP contribution in [-0.2, 0) is 13.1 Å². The first-order valence-corrected chi connectivity index (χ1v) is 9.31. The number of hydrogen-bond acceptors (Lipinski definition) is 4. The molecule has 0 unspecified atom stereocenters. The van der Waals surface area contributed by atoms with Crippen molar-refractivity contribution in [2.75, 3.05) is 26.2 Å². The number of hydrogen-bond donors (Lipinski definition) is 0. The lowest BCUT2D eigenvalue weighted by Crippen LogP contribution is -2.48. The van der Waals surface area contributed by atoms with Crippen LogP contribution >= 0.6 is 0 Å². The molecule has 0 saturated carbocycles. The normalized spacial score (nSPS) is 15.2. The molecule has 1 amide bonds. The van der Waals surface area contributed by atoms with Gasteiger partial charge in [-0.15, -0.1) is 0 Å². The summed E-state index contributed by atoms with van der Waals surface area (Å²) in [6.45, 7) is 6.81. The molecule has 6 nitrogen and oxygen atoms in total. The third kappa shape index (κ3) is 4.11. The zero-order chi connectivity index (χ0) is 18.6. The minimum atomic E-state index is -0.0303. The Balaban J connectivity index is 1.32. The maximum absolute atomic E-state index is 12.7. The van der Waals surface area contributed by atoms with Gasteiger partial charge in [0, 0.05) is 45.1 Å². The second-order valence-electron chi connectivity index (χ2n) is 6.96. The molecule has 1 fully saturated rings. The lowest BCUT2D eigenvalue weighted by Gasteiger charge is -2.34. The van der Waals surface area contributed by atoms with Crippen LogP contribution in [0.25, 0.3) is 0 Å². The van der Waals surface area contributed by atoms with Gasteiger partial charge < -0.3 is 9.32 Å². The number of amides is 1. The van der Waals surface area contributed by atoms with Crippen molar-refractivity contribution in [3.63, 3.8) is 0 Å². The molecule has 140 valence electrons. The maximum atomic E-state index is 12.7. The largest absolute Gasteiger partial charge is 0.454 e. The van der Waals surface area contributed by atoms with Crippen LogP contribution in [0.15, 0.2) is 59.3 Å². The molecule has 2 aromatic heterocycles. The van der Waals surface area contributed by atoms with Gasteiger partial charge in [-0.25, -0.2) is 0 Å². The van der Waals surface area contributed by atoms with Gasteiger partial charge >= 0.3 is 0 Å². The van der Waals surface area contributed by atoms with E-state index < -0.39 is 0 Å². The molecule has 6 heteroatoms. The third-order valence-electron chi connectivity index (χ3n) is 5.06. The number of benzene rings is 1. The first-order chi connectivity index (χ1) is 13.2. The van der Waals surface area contributed by atoms with Crippen LogP contribution in [0.1, 0.15) is 27.4 Å². The zero-order valence-corrected chi connectivity index (χ0v) is 15.5. The van der Waals surface area contributed by atoms with E-state index in [9.17, 15) is 4.79 Å². The summed E-state index contributed by atoms with van der Waals surface area (Å²) < 4.78 is 7.52. The van der Waals surface area contributed by atoms with Gasteiger partial charge in [-0.1, -0.05) is 24.3 Å². The van der Waals surface area contributed by atoms with Gasteiger partial charge in [-0.05, 0) is 36.2 Å². The summed E-state index contributed by atoms with van der Waals surface area (Å²) in [5.74, 6) is 1.11. The quantitative estimate of drug-likeness (QED) is 0.699. The maximum Gasteiger partial charge on any atom is 0.289 e. The number of rotatable bonds is 5. The highest BCUT2D eigenvalue weighted by atomic mass is 16.4. The van der Waals surface area contributed by atoms with Crippen LogP contribution in [0, 0.1) is 6.92 Å². The molecule has 0 bridgehead atoms. The highest BCUT2D eigenvalue weighted by Crippen LogP contribution is 2.16. The highest BCUT2D eigenvalue weighted by molar-refractivity contribution is 5.91. The van der Waals surface area contributed by atoms with Gasteiger partial charge in [0.2, 0.25) is 0 Å². The Hall–Kier alpha value is -2.86. The van der Waals surface area contributed by atoms with Crippen LogP contribution in [-0.4, -0.2) is 51.7 Å². The number of aromatic nitrogens is 2. The van der Waals surface area contributed by atoms with E-state index in [4.69, 9.17) is 4.42 Å². The van der Waals surface area contributed by atoms with Crippen LogP contribution in [0.3, 0.4) is 0 Å². The SMILES string of the molecule is Cc1ccccc1CN1CCN(C(=O)c2ccc(Cn3cccn3)o2)CC1. The molecule has 0 aliphatic carbocycles.